The first-order valence-electron chi connectivity index (χ1n) is 5.47. The number of halogens is 4. The molecule has 1 aromatic carbocycles. The summed E-state index contributed by atoms with van der Waals surface area (Å²) in [4.78, 5) is 16.2. The van der Waals surface area contributed by atoms with Crippen molar-refractivity contribution >= 4 is 50.9 Å². The minimum Gasteiger partial charge on any atom is -0.305 e. The van der Waals surface area contributed by atoms with E-state index >= 15 is 0 Å². The average Bonchev–Trinajstić information content (AvgIpc) is 2.35. The quantitative estimate of drug-likeness (QED) is 0.812. The first kappa shape index (κ1) is 15.2. The number of nitrogens with zero attached hydrogens (tertiary/aromatic N) is 1. The SMILES string of the molecule is Cc1nc(NC(=O)c2ccc(F)cc2Br)c(Cl)cc1Cl. The number of pyridine rings is 1. The summed E-state index contributed by atoms with van der Waals surface area (Å²) in [6, 6.07) is 5.27. The Morgan fingerprint density at radius 3 is 2.65 bits per heavy atom. The van der Waals surface area contributed by atoms with Crippen LogP contribution in [-0.2, 0) is 0 Å². The number of rotatable bonds is 2. The third-order valence-corrected chi connectivity index (χ3v) is 3.84. The van der Waals surface area contributed by atoms with E-state index in [1.54, 1.807) is 6.92 Å². The zero-order chi connectivity index (χ0) is 14.9. The number of hydrogen-bond donors (Lipinski definition) is 1. The molecule has 0 aliphatic heterocycles. The molecular formula is C13H8BrCl2FN2O. The first-order chi connectivity index (χ1) is 9.38. The van der Waals surface area contributed by atoms with E-state index in [0.717, 1.165) is 0 Å². The molecule has 0 saturated heterocycles. The molecule has 0 saturated carbocycles. The van der Waals surface area contributed by atoms with E-state index in [-0.39, 0.29) is 16.4 Å². The Balaban J connectivity index is 2.30. The maximum atomic E-state index is 13.0. The lowest BCUT2D eigenvalue weighted by molar-refractivity contribution is 0.102. The molecule has 0 aliphatic rings. The van der Waals surface area contributed by atoms with Gasteiger partial charge in [-0.1, -0.05) is 23.2 Å². The monoisotopic (exact) mass is 376 g/mol. The summed E-state index contributed by atoms with van der Waals surface area (Å²) in [6.45, 7) is 1.70. The molecule has 1 amide bonds. The highest BCUT2D eigenvalue weighted by molar-refractivity contribution is 9.10. The Bertz CT molecular complexity index is 694. The van der Waals surface area contributed by atoms with Crippen LogP contribution in [0.25, 0.3) is 0 Å². The zero-order valence-corrected chi connectivity index (χ0v) is 13.3. The number of carbonyl (C=O) groups is 1. The van der Waals surface area contributed by atoms with Crippen LogP contribution in [0.4, 0.5) is 10.2 Å². The van der Waals surface area contributed by atoms with E-state index in [9.17, 15) is 9.18 Å². The van der Waals surface area contributed by atoms with Crippen LogP contribution in [0.5, 0.6) is 0 Å². The van der Waals surface area contributed by atoms with Crippen molar-refractivity contribution in [2.24, 2.45) is 0 Å². The molecule has 0 spiro atoms. The van der Waals surface area contributed by atoms with E-state index in [2.05, 4.69) is 26.2 Å². The van der Waals surface area contributed by atoms with E-state index in [1.165, 1.54) is 24.3 Å². The van der Waals surface area contributed by atoms with Crippen LogP contribution in [0.2, 0.25) is 10.0 Å². The summed E-state index contributed by atoms with van der Waals surface area (Å²) >= 11 is 15.0. The molecule has 2 aromatic rings. The van der Waals surface area contributed by atoms with Crippen LogP contribution in [0, 0.1) is 12.7 Å². The Hall–Kier alpha value is -1.17. The van der Waals surface area contributed by atoms with Gasteiger partial charge in [-0.2, -0.15) is 0 Å². The maximum absolute atomic E-state index is 13.0. The maximum Gasteiger partial charge on any atom is 0.258 e. The molecule has 0 unspecified atom stereocenters. The molecule has 0 fully saturated rings. The lowest BCUT2D eigenvalue weighted by Crippen LogP contribution is -2.14. The molecule has 0 bridgehead atoms. The lowest BCUT2D eigenvalue weighted by atomic mass is 10.2. The molecule has 0 atom stereocenters. The predicted octanol–water partition coefficient (Wildman–Crippen LogP) is 4.85. The van der Waals surface area contributed by atoms with E-state index < -0.39 is 11.7 Å². The minimum absolute atomic E-state index is 0.204. The second-order valence-corrected chi connectivity index (χ2v) is 5.63. The standard InChI is InChI=1S/C13H8BrCl2FN2O/c1-6-10(15)5-11(16)12(18-6)19-13(20)8-3-2-7(17)4-9(8)14/h2-5H,1H3,(H,18,19,20). The molecule has 1 heterocycles. The van der Waals surface area contributed by atoms with Gasteiger partial charge in [-0.3, -0.25) is 4.79 Å². The summed E-state index contributed by atoms with van der Waals surface area (Å²) < 4.78 is 13.3. The summed E-state index contributed by atoms with van der Waals surface area (Å²) in [5.41, 5.74) is 0.821. The Kier molecular flexibility index (Phi) is 4.62. The van der Waals surface area contributed by atoms with Gasteiger partial charge in [0.05, 0.1) is 21.3 Å². The van der Waals surface area contributed by atoms with Crippen LogP contribution in [-0.4, -0.2) is 10.9 Å². The van der Waals surface area contributed by atoms with Crippen molar-refractivity contribution in [1.29, 1.82) is 0 Å². The van der Waals surface area contributed by atoms with Crippen LogP contribution in [0.1, 0.15) is 16.1 Å². The van der Waals surface area contributed by atoms with Gasteiger partial charge < -0.3 is 5.32 Å². The normalized spacial score (nSPS) is 10.4. The van der Waals surface area contributed by atoms with Gasteiger partial charge >= 0.3 is 0 Å². The van der Waals surface area contributed by atoms with Gasteiger partial charge in [-0.25, -0.2) is 9.37 Å². The van der Waals surface area contributed by atoms with Gasteiger partial charge in [0.1, 0.15) is 5.82 Å². The molecule has 0 aliphatic carbocycles. The number of nitrogens with one attached hydrogen (secondary N) is 1. The fourth-order valence-electron chi connectivity index (χ4n) is 1.49. The Morgan fingerprint density at radius 2 is 2.00 bits per heavy atom. The molecule has 1 N–H and O–H groups in total. The van der Waals surface area contributed by atoms with Crippen LogP contribution >= 0.6 is 39.1 Å². The highest BCUT2D eigenvalue weighted by Crippen LogP contribution is 2.27. The zero-order valence-electron chi connectivity index (χ0n) is 10.2. The van der Waals surface area contributed by atoms with Crippen molar-refractivity contribution in [3.05, 3.63) is 55.9 Å². The van der Waals surface area contributed by atoms with Gasteiger partial charge in [0, 0.05) is 4.47 Å². The Labute approximate surface area is 133 Å². The van der Waals surface area contributed by atoms with Gasteiger partial charge in [0.2, 0.25) is 0 Å². The molecule has 3 nitrogen and oxygen atoms in total. The highest BCUT2D eigenvalue weighted by atomic mass is 79.9. The Morgan fingerprint density at radius 1 is 1.30 bits per heavy atom. The first-order valence-corrected chi connectivity index (χ1v) is 7.02. The molecule has 104 valence electrons. The second kappa shape index (κ2) is 6.08. The topological polar surface area (TPSA) is 42.0 Å². The van der Waals surface area contributed by atoms with Crippen molar-refractivity contribution in [2.45, 2.75) is 6.92 Å². The van der Waals surface area contributed by atoms with Gasteiger partial charge in [-0.05, 0) is 47.1 Å². The van der Waals surface area contributed by atoms with Crippen molar-refractivity contribution in [2.75, 3.05) is 5.32 Å². The lowest BCUT2D eigenvalue weighted by Gasteiger charge is -2.09. The molecule has 1 aromatic heterocycles. The third-order valence-electron chi connectivity index (χ3n) is 2.51. The molecular weight excluding hydrogens is 370 g/mol. The highest BCUT2D eigenvalue weighted by Gasteiger charge is 2.14. The number of aromatic nitrogens is 1. The fraction of sp³-hybridized carbons (Fsp3) is 0.0769. The molecule has 0 radical (unpaired) electrons. The average molecular weight is 378 g/mol. The smallest absolute Gasteiger partial charge is 0.258 e. The predicted molar refractivity (Wildman–Crippen MR) is 81.0 cm³/mol. The van der Waals surface area contributed by atoms with E-state index in [4.69, 9.17) is 23.2 Å². The van der Waals surface area contributed by atoms with E-state index in [0.29, 0.717) is 15.2 Å². The van der Waals surface area contributed by atoms with Gasteiger partial charge in [-0.15, -0.1) is 0 Å². The number of hydrogen-bond acceptors (Lipinski definition) is 2. The number of carbonyl (C=O) groups excluding carboxylic acids is 1. The van der Waals surface area contributed by atoms with Gasteiger partial charge in [0.25, 0.3) is 5.91 Å². The molecule has 7 heteroatoms. The summed E-state index contributed by atoms with van der Waals surface area (Å²) in [6.07, 6.45) is 0. The van der Waals surface area contributed by atoms with Crippen LogP contribution in [0.15, 0.2) is 28.7 Å². The third kappa shape index (κ3) is 3.29. The minimum atomic E-state index is -0.451. The van der Waals surface area contributed by atoms with Crippen molar-refractivity contribution in [3.8, 4) is 0 Å². The number of amides is 1. The van der Waals surface area contributed by atoms with Crippen LogP contribution in [0.3, 0.4) is 0 Å². The van der Waals surface area contributed by atoms with Gasteiger partial charge in [0.15, 0.2) is 5.82 Å². The van der Waals surface area contributed by atoms with Crippen LogP contribution < -0.4 is 5.32 Å². The van der Waals surface area contributed by atoms with Crippen molar-refractivity contribution in [3.63, 3.8) is 0 Å². The number of anilines is 1. The summed E-state index contributed by atoms with van der Waals surface area (Å²) in [7, 11) is 0. The largest absolute Gasteiger partial charge is 0.305 e. The van der Waals surface area contributed by atoms with E-state index in [1.807, 2.05) is 0 Å². The fourth-order valence-corrected chi connectivity index (χ4v) is 2.43. The summed E-state index contributed by atoms with van der Waals surface area (Å²) in [5, 5.41) is 3.20. The van der Waals surface area contributed by atoms with Crippen molar-refractivity contribution < 1.29 is 9.18 Å². The van der Waals surface area contributed by atoms with Crippen molar-refractivity contribution in [1.82, 2.24) is 4.98 Å². The summed E-state index contributed by atoms with van der Waals surface area (Å²) in [5.74, 6) is -0.685. The second-order valence-electron chi connectivity index (χ2n) is 3.96. The molecule has 20 heavy (non-hydrogen) atoms. The number of benzene rings is 1. The number of aryl methyl sites for hydroxylation is 1. The molecule has 2 rings (SSSR count).